The Balaban J connectivity index is 1.52. The van der Waals surface area contributed by atoms with E-state index in [0.717, 1.165) is 30.3 Å². The summed E-state index contributed by atoms with van der Waals surface area (Å²) in [6.07, 6.45) is 4.47. The van der Waals surface area contributed by atoms with Crippen LogP contribution in [0.15, 0.2) is 12.4 Å². The topological polar surface area (TPSA) is 75.9 Å². The average Bonchev–Trinajstić information content (AvgIpc) is 3.22. The third-order valence-electron chi connectivity index (χ3n) is 4.64. The Morgan fingerprint density at radius 1 is 1.26 bits per heavy atom. The summed E-state index contributed by atoms with van der Waals surface area (Å²) in [5.74, 6) is 1.91. The average molecular weight is 316 g/mol. The molecular weight excluding hydrogens is 296 g/mol. The number of morpholine rings is 1. The van der Waals surface area contributed by atoms with Gasteiger partial charge in [0.2, 0.25) is 11.6 Å². The number of aromatic nitrogens is 4. The smallest absolute Gasteiger partial charge is 0.227 e. The van der Waals surface area contributed by atoms with Gasteiger partial charge in [0.05, 0.1) is 19.1 Å². The molecule has 4 rings (SSSR count). The lowest BCUT2D eigenvalue weighted by molar-refractivity contribution is -0.138. The number of nitrogens with zero attached hydrogens (tertiary/aromatic N) is 6. The highest BCUT2D eigenvalue weighted by Gasteiger charge is 2.33. The van der Waals surface area contributed by atoms with Crippen LogP contribution in [0.1, 0.15) is 12.2 Å². The van der Waals surface area contributed by atoms with E-state index < -0.39 is 0 Å². The minimum absolute atomic E-state index is 0.0270. The van der Waals surface area contributed by atoms with Crippen molar-refractivity contribution in [2.75, 3.05) is 44.3 Å². The maximum atomic E-state index is 12.6. The fourth-order valence-corrected chi connectivity index (χ4v) is 3.35. The molecule has 4 heterocycles. The SMILES string of the molecule is Cc1nnc2c(N3CCC(C(=O)N4CCOCC4)C3)nccn12. The maximum Gasteiger partial charge on any atom is 0.227 e. The van der Waals surface area contributed by atoms with Gasteiger partial charge in [-0.05, 0) is 13.3 Å². The molecule has 23 heavy (non-hydrogen) atoms. The summed E-state index contributed by atoms with van der Waals surface area (Å²) in [4.78, 5) is 21.2. The van der Waals surface area contributed by atoms with Crippen LogP contribution in [0.3, 0.4) is 0 Å². The number of rotatable bonds is 2. The van der Waals surface area contributed by atoms with Gasteiger partial charge in [-0.1, -0.05) is 0 Å². The number of amides is 1. The van der Waals surface area contributed by atoms with E-state index in [2.05, 4.69) is 20.1 Å². The van der Waals surface area contributed by atoms with Crippen molar-refractivity contribution in [1.82, 2.24) is 24.5 Å². The summed E-state index contributed by atoms with van der Waals surface area (Å²) in [5.41, 5.74) is 0.754. The van der Waals surface area contributed by atoms with Crippen LogP contribution in [-0.2, 0) is 9.53 Å². The summed E-state index contributed by atoms with van der Waals surface area (Å²) < 4.78 is 7.25. The molecule has 0 N–H and O–H groups in total. The molecule has 2 saturated heterocycles. The summed E-state index contributed by atoms with van der Waals surface area (Å²) >= 11 is 0. The van der Waals surface area contributed by atoms with E-state index in [1.165, 1.54) is 0 Å². The van der Waals surface area contributed by atoms with Crippen LogP contribution in [0.5, 0.6) is 0 Å². The number of hydrogen-bond donors (Lipinski definition) is 0. The molecular formula is C15H20N6O2. The van der Waals surface area contributed by atoms with Crippen molar-refractivity contribution in [3.63, 3.8) is 0 Å². The number of fused-ring (bicyclic) bond motifs is 1. The Morgan fingerprint density at radius 3 is 2.91 bits per heavy atom. The Bertz CT molecular complexity index is 724. The molecule has 1 atom stereocenters. The van der Waals surface area contributed by atoms with E-state index >= 15 is 0 Å². The van der Waals surface area contributed by atoms with Crippen molar-refractivity contribution in [1.29, 1.82) is 0 Å². The zero-order valence-corrected chi connectivity index (χ0v) is 13.2. The first kappa shape index (κ1) is 14.4. The predicted molar refractivity (Wildman–Crippen MR) is 83.2 cm³/mol. The Morgan fingerprint density at radius 2 is 2.09 bits per heavy atom. The third-order valence-corrected chi connectivity index (χ3v) is 4.64. The normalized spacial score (nSPS) is 22.0. The lowest BCUT2D eigenvalue weighted by Gasteiger charge is -2.29. The lowest BCUT2D eigenvalue weighted by Crippen LogP contribution is -2.44. The van der Waals surface area contributed by atoms with E-state index in [-0.39, 0.29) is 11.8 Å². The molecule has 8 nitrogen and oxygen atoms in total. The van der Waals surface area contributed by atoms with Gasteiger partial charge in [-0.25, -0.2) is 4.98 Å². The molecule has 122 valence electrons. The molecule has 2 aliphatic rings. The van der Waals surface area contributed by atoms with Crippen molar-refractivity contribution >= 4 is 17.4 Å². The Labute approximate surface area is 134 Å². The van der Waals surface area contributed by atoms with Crippen molar-refractivity contribution in [2.24, 2.45) is 5.92 Å². The van der Waals surface area contributed by atoms with Crippen LogP contribution in [0, 0.1) is 12.8 Å². The zero-order chi connectivity index (χ0) is 15.8. The zero-order valence-electron chi connectivity index (χ0n) is 13.2. The van der Waals surface area contributed by atoms with Crippen LogP contribution >= 0.6 is 0 Å². The van der Waals surface area contributed by atoms with Crippen LogP contribution in [0.4, 0.5) is 5.82 Å². The van der Waals surface area contributed by atoms with Gasteiger partial charge in [-0.2, -0.15) is 0 Å². The molecule has 2 aromatic rings. The fourth-order valence-electron chi connectivity index (χ4n) is 3.35. The van der Waals surface area contributed by atoms with Gasteiger partial charge in [0.15, 0.2) is 5.82 Å². The number of ether oxygens (including phenoxy) is 1. The number of carbonyl (C=O) groups is 1. The van der Waals surface area contributed by atoms with Crippen LogP contribution in [-0.4, -0.2) is 69.8 Å². The van der Waals surface area contributed by atoms with Gasteiger partial charge in [0.1, 0.15) is 5.82 Å². The first-order chi connectivity index (χ1) is 11.2. The number of aryl methyl sites for hydroxylation is 1. The molecule has 2 fully saturated rings. The van der Waals surface area contributed by atoms with Crippen molar-refractivity contribution in [3.8, 4) is 0 Å². The minimum Gasteiger partial charge on any atom is -0.378 e. The summed E-state index contributed by atoms with van der Waals surface area (Å²) in [6, 6.07) is 0. The monoisotopic (exact) mass is 316 g/mol. The molecule has 1 unspecified atom stereocenters. The van der Waals surface area contributed by atoms with E-state index in [0.29, 0.717) is 32.8 Å². The quantitative estimate of drug-likeness (QED) is 0.783. The highest BCUT2D eigenvalue weighted by Crippen LogP contribution is 2.26. The van der Waals surface area contributed by atoms with Crippen molar-refractivity contribution < 1.29 is 9.53 Å². The molecule has 2 aliphatic heterocycles. The molecule has 0 saturated carbocycles. The summed E-state index contributed by atoms with van der Waals surface area (Å²) in [5, 5.41) is 8.33. The molecule has 0 aromatic carbocycles. The molecule has 0 radical (unpaired) electrons. The second-order valence-corrected chi connectivity index (χ2v) is 6.06. The highest BCUT2D eigenvalue weighted by molar-refractivity contribution is 5.80. The largest absolute Gasteiger partial charge is 0.378 e. The maximum absolute atomic E-state index is 12.6. The van der Waals surface area contributed by atoms with Crippen LogP contribution in [0.25, 0.3) is 5.65 Å². The molecule has 8 heteroatoms. The third kappa shape index (κ3) is 2.52. The fraction of sp³-hybridized carbons (Fsp3) is 0.600. The second-order valence-electron chi connectivity index (χ2n) is 6.06. The van der Waals surface area contributed by atoms with E-state index in [4.69, 9.17) is 4.74 Å². The van der Waals surface area contributed by atoms with Gasteiger partial charge in [-0.3, -0.25) is 9.20 Å². The molecule has 1 amide bonds. The molecule has 0 bridgehead atoms. The van der Waals surface area contributed by atoms with Crippen molar-refractivity contribution in [2.45, 2.75) is 13.3 Å². The highest BCUT2D eigenvalue weighted by atomic mass is 16.5. The van der Waals surface area contributed by atoms with E-state index in [1.54, 1.807) is 6.20 Å². The van der Waals surface area contributed by atoms with Crippen LogP contribution in [0.2, 0.25) is 0 Å². The number of anilines is 1. The first-order valence-electron chi connectivity index (χ1n) is 8.02. The van der Waals surface area contributed by atoms with E-state index in [9.17, 15) is 4.79 Å². The minimum atomic E-state index is 0.0270. The Kier molecular flexibility index (Phi) is 3.60. The van der Waals surface area contributed by atoms with Crippen molar-refractivity contribution in [3.05, 3.63) is 18.2 Å². The van der Waals surface area contributed by atoms with Gasteiger partial charge in [0.25, 0.3) is 0 Å². The van der Waals surface area contributed by atoms with E-state index in [1.807, 2.05) is 22.4 Å². The van der Waals surface area contributed by atoms with Gasteiger partial charge in [0, 0.05) is 38.6 Å². The lowest BCUT2D eigenvalue weighted by atomic mass is 10.1. The molecule has 0 aliphatic carbocycles. The van der Waals surface area contributed by atoms with Gasteiger partial charge < -0.3 is 14.5 Å². The second kappa shape index (κ2) is 5.77. The molecule has 2 aromatic heterocycles. The number of carbonyl (C=O) groups excluding carboxylic acids is 1. The number of hydrogen-bond acceptors (Lipinski definition) is 6. The van der Waals surface area contributed by atoms with Gasteiger partial charge in [-0.15, -0.1) is 10.2 Å². The summed E-state index contributed by atoms with van der Waals surface area (Å²) in [6.45, 7) is 6.11. The summed E-state index contributed by atoms with van der Waals surface area (Å²) in [7, 11) is 0. The predicted octanol–water partition coefficient (Wildman–Crippen LogP) is 0.118. The van der Waals surface area contributed by atoms with Gasteiger partial charge >= 0.3 is 0 Å². The van der Waals surface area contributed by atoms with Crippen LogP contribution < -0.4 is 4.90 Å². The standard InChI is InChI=1S/C15H20N6O2/c1-11-17-18-14-13(16-3-5-21(11)14)20-4-2-12(10-20)15(22)19-6-8-23-9-7-19/h3,5,12H,2,4,6-10H2,1H3. The molecule has 0 spiro atoms. The first-order valence-corrected chi connectivity index (χ1v) is 8.02. The Hall–Kier alpha value is -2.22.